The molecule has 1 aromatic heterocycles. The van der Waals surface area contributed by atoms with Crippen LogP contribution in [0.1, 0.15) is 20.8 Å². The third-order valence-corrected chi connectivity index (χ3v) is 1.88. The van der Waals surface area contributed by atoms with Crippen molar-refractivity contribution in [2.24, 2.45) is 5.92 Å². The van der Waals surface area contributed by atoms with Gasteiger partial charge in [-0.3, -0.25) is 0 Å². The molecule has 0 amide bonds. The molecule has 0 spiro atoms. The Kier molecular flexibility index (Phi) is 4.05. The zero-order valence-electron chi connectivity index (χ0n) is 8.94. The molecule has 2 heteroatoms. The van der Waals surface area contributed by atoms with Crippen LogP contribution < -0.4 is 10.6 Å². The fraction of sp³-hybridized carbons (Fsp3) is 0.333. The molecule has 1 heterocycles. The first kappa shape index (κ1) is 10.6. The average Bonchev–Trinajstić information content (AvgIpc) is 2.41. The maximum atomic E-state index is 4.16. The summed E-state index contributed by atoms with van der Waals surface area (Å²) >= 11 is 0. The summed E-state index contributed by atoms with van der Waals surface area (Å²) in [5.41, 5.74) is 0. The quantitative estimate of drug-likeness (QED) is 0.612. The van der Waals surface area contributed by atoms with Crippen LogP contribution in [-0.4, -0.2) is 9.97 Å². The molecule has 1 atom stereocenters. The summed E-state index contributed by atoms with van der Waals surface area (Å²) in [7, 11) is 0. The van der Waals surface area contributed by atoms with Gasteiger partial charge in [-0.25, -0.2) is 9.97 Å². The van der Waals surface area contributed by atoms with Crippen LogP contribution >= 0.6 is 0 Å². The van der Waals surface area contributed by atoms with E-state index in [9.17, 15) is 0 Å². The predicted octanol–water partition coefficient (Wildman–Crippen LogP) is 1.27. The first-order valence-corrected chi connectivity index (χ1v) is 5.02. The molecule has 14 heavy (non-hydrogen) atoms. The largest absolute Gasteiger partial charge is 0.244 e. The Bertz CT molecular complexity index is 418. The summed E-state index contributed by atoms with van der Waals surface area (Å²) in [4.78, 5) is 8.15. The topological polar surface area (TPSA) is 25.8 Å². The second-order valence-electron chi connectivity index (χ2n) is 2.94. The van der Waals surface area contributed by atoms with E-state index in [1.54, 1.807) is 6.33 Å². The minimum absolute atomic E-state index is 0.466. The molecule has 0 saturated carbocycles. The van der Waals surface area contributed by atoms with Gasteiger partial charge in [0.1, 0.15) is 6.33 Å². The van der Waals surface area contributed by atoms with Gasteiger partial charge in [-0.2, -0.15) is 0 Å². The minimum atomic E-state index is 0.466. The molecule has 1 aliphatic rings. The van der Waals surface area contributed by atoms with Gasteiger partial charge in [0.05, 0.1) is 5.35 Å². The highest BCUT2D eigenvalue weighted by Crippen LogP contribution is 1.99. The van der Waals surface area contributed by atoms with E-state index in [1.165, 1.54) is 0 Å². The third kappa shape index (κ3) is 2.52. The van der Waals surface area contributed by atoms with Crippen molar-refractivity contribution in [3.63, 3.8) is 0 Å². The van der Waals surface area contributed by atoms with Crippen molar-refractivity contribution in [1.29, 1.82) is 0 Å². The summed E-state index contributed by atoms with van der Waals surface area (Å²) in [5.74, 6) is 0.466. The minimum Gasteiger partial charge on any atom is -0.244 e. The lowest BCUT2D eigenvalue weighted by Gasteiger charge is -1.93. The van der Waals surface area contributed by atoms with Gasteiger partial charge < -0.3 is 0 Å². The van der Waals surface area contributed by atoms with Crippen molar-refractivity contribution in [1.82, 2.24) is 9.97 Å². The van der Waals surface area contributed by atoms with Crippen molar-refractivity contribution in [2.45, 2.75) is 20.8 Å². The van der Waals surface area contributed by atoms with Crippen LogP contribution in [0.15, 0.2) is 24.7 Å². The van der Waals surface area contributed by atoms with E-state index in [-0.39, 0.29) is 0 Å². The van der Waals surface area contributed by atoms with Gasteiger partial charge in [-0.1, -0.05) is 39.0 Å². The lowest BCUT2D eigenvalue weighted by atomic mass is 10.1. The average molecular weight is 188 g/mol. The normalized spacial score (nSPS) is 17.8. The molecule has 0 N–H and O–H groups in total. The van der Waals surface area contributed by atoms with E-state index < -0.39 is 0 Å². The maximum absolute atomic E-state index is 4.16. The number of aromatic nitrogens is 2. The molecule has 0 bridgehead atoms. The first-order valence-electron chi connectivity index (χ1n) is 5.02. The van der Waals surface area contributed by atoms with Crippen LogP contribution in [0, 0.1) is 5.92 Å². The molecule has 1 aromatic rings. The molecule has 0 aliphatic heterocycles. The summed E-state index contributed by atoms with van der Waals surface area (Å²) in [6, 6.07) is 0. The third-order valence-electron chi connectivity index (χ3n) is 1.88. The number of rotatable bonds is 0. The number of hydrogen-bond donors (Lipinski definition) is 0. The van der Waals surface area contributed by atoms with Crippen molar-refractivity contribution in [3.05, 3.63) is 35.2 Å². The van der Waals surface area contributed by atoms with Crippen LogP contribution in [-0.2, 0) is 0 Å². The number of nitrogens with zero attached hydrogens (tertiary/aromatic N) is 2. The van der Waals surface area contributed by atoms with Gasteiger partial charge in [0.15, 0.2) is 0 Å². The second kappa shape index (κ2) is 5.32. The number of fused-ring (bicyclic) bond motifs is 1. The van der Waals surface area contributed by atoms with Crippen molar-refractivity contribution in [2.75, 3.05) is 0 Å². The molecular formula is C12H16N2. The van der Waals surface area contributed by atoms with E-state index in [1.807, 2.05) is 32.2 Å². The first-order chi connectivity index (χ1) is 6.86. The molecule has 2 nitrogen and oxygen atoms in total. The summed E-state index contributed by atoms with van der Waals surface area (Å²) in [6.07, 6.45) is 11.8. The Morgan fingerprint density at radius 3 is 2.86 bits per heavy atom. The van der Waals surface area contributed by atoms with Gasteiger partial charge in [0.2, 0.25) is 0 Å². The van der Waals surface area contributed by atoms with E-state index in [0.717, 1.165) is 10.6 Å². The number of hydrogen-bond acceptors (Lipinski definition) is 2. The highest BCUT2D eigenvalue weighted by molar-refractivity contribution is 5.42. The van der Waals surface area contributed by atoms with Crippen molar-refractivity contribution >= 4 is 12.2 Å². The van der Waals surface area contributed by atoms with Gasteiger partial charge in [-0.15, -0.1) is 0 Å². The predicted molar refractivity (Wildman–Crippen MR) is 59.9 cm³/mol. The van der Waals surface area contributed by atoms with Crippen molar-refractivity contribution in [3.8, 4) is 0 Å². The molecule has 0 saturated heterocycles. The van der Waals surface area contributed by atoms with Gasteiger partial charge in [-0.05, 0) is 12.0 Å². The van der Waals surface area contributed by atoms with Gasteiger partial charge >= 0.3 is 0 Å². The van der Waals surface area contributed by atoms with Crippen LogP contribution in [0.5, 0.6) is 0 Å². The molecule has 1 aliphatic carbocycles. The molecule has 0 radical (unpaired) electrons. The summed E-state index contributed by atoms with van der Waals surface area (Å²) < 4.78 is 0. The standard InChI is InChI=1S/C10H10N2.C2H6/c1-8-3-2-4-10-9(5-8)6-11-7-12-10;1-2/h2-8H,1H3;1-2H3. The van der Waals surface area contributed by atoms with E-state index in [0.29, 0.717) is 5.92 Å². The monoisotopic (exact) mass is 188 g/mol. The number of allylic oxidation sites excluding steroid dienone is 2. The van der Waals surface area contributed by atoms with E-state index in [2.05, 4.69) is 29.0 Å². The molecule has 1 unspecified atom stereocenters. The Balaban J connectivity index is 0.000000461. The molecule has 2 rings (SSSR count). The highest BCUT2D eigenvalue weighted by Gasteiger charge is 1.94. The lowest BCUT2D eigenvalue weighted by Crippen LogP contribution is -2.28. The summed E-state index contributed by atoms with van der Waals surface area (Å²) in [5, 5.41) is 2.13. The Morgan fingerprint density at radius 2 is 2.07 bits per heavy atom. The highest BCUT2D eigenvalue weighted by atomic mass is 14.8. The summed E-state index contributed by atoms with van der Waals surface area (Å²) in [6.45, 7) is 6.15. The Hall–Kier alpha value is -1.44. The van der Waals surface area contributed by atoms with Crippen LogP contribution in [0.25, 0.3) is 12.2 Å². The molecule has 74 valence electrons. The molecular weight excluding hydrogens is 172 g/mol. The van der Waals surface area contributed by atoms with Crippen LogP contribution in [0.4, 0.5) is 0 Å². The smallest absolute Gasteiger partial charge is 0.116 e. The van der Waals surface area contributed by atoms with Crippen molar-refractivity contribution < 1.29 is 0 Å². The lowest BCUT2D eigenvalue weighted by molar-refractivity contribution is 0.991. The Morgan fingerprint density at radius 1 is 1.29 bits per heavy atom. The SMILES string of the molecule is CC.CC1C=CC=c2ncncc2=C1. The Labute approximate surface area is 84.7 Å². The van der Waals surface area contributed by atoms with Crippen LogP contribution in [0.2, 0.25) is 0 Å². The fourth-order valence-corrected chi connectivity index (χ4v) is 1.28. The zero-order chi connectivity index (χ0) is 10.4. The van der Waals surface area contributed by atoms with E-state index in [4.69, 9.17) is 0 Å². The van der Waals surface area contributed by atoms with Crippen LogP contribution in [0.3, 0.4) is 0 Å². The molecule has 0 aromatic carbocycles. The van der Waals surface area contributed by atoms with Gasteiger partial charge in [0.25, 0.3) is 0 Å². The van der Waals surface area contributed by atoms with E-state index >= 15 is 0 Å². The maximum Gasteiger partial charge on any atom is 0.116 e. The second-order valence-corrected chi connectivity index (χ2v) is 2.94. The fourth-order valence-electron chi connectivity index (χ4n) is 1.28. The van der Waals surface area contributed by atoms with Gasteiger partial charge in [0, 0.05) is 11.4 Å². The molecule has 0 fully saturated rings. The zero-order valence-corrected chi connectivity index (χ0v) is 8.94.